The molecule has 0 spiro atoms. The van der Waals surface area contributed by atoms with E-state index in [9.17, 15) is 19.5 Å². The molecular weight excluding hydrogens is 1250 g/mol. The zero-order valence-electron chi connectivity index (χ0n) is 65.2. The second-order valence-electron chi connectivity index (χ2n) is 27.6. The molecule has 2 unspecified atom stereocenters. The number of carbonyl (C=O) groups excluding carboxylic acids is 2. The molecule has 101 heavy (non-hydrogen) atoms. The number of esters is 2. The molecule has 0 bridgehead atoms. The maximum absolute atomic E-state index is 13.0. The summed E-state index contributed by atoms with van der Waals surface area (Å²) in [5.74, 6) is -2.02. The number of carboxylic acid groups (broad SMARTS) is 1. The lowest BCUT2D eigenvalue weighted by molar-refractivity contribution is -0.870. The smallest absolute Gasteiger partial charge is 0.361 e. The lowest BCUT2D eigenvalue weighted by Crippen LogP contribution is -2.40. The minimum atomic E-state index is -1.52. The van der Waals surface area contributed by atoms with Gasteiger partial charge in [0.2, 0.25) is 0 Å². The van der Waals surface area contributed by atoms with Gasteiger partial charge in [0.15, 0.2) is 6.10 Å². The standard InChI is InChI=1S/C92H149NO8/c1-6-8-10-12-14-16-18-20-22-24-26-28-30-32-34-36-38-40-42-44-45-47-49-51-53-55-57-59-61-63-65-67-69-71-73-75-77-79-81-83-90(95)101-88(87-100-92(91(96)97)98-85-84-93(3,4)5)86-99-89(94)82-80-78-76-74-72-70-68-66-64-62-60-58-56-54-52-50-48-46-43-41-39-37-35-33-31-29-27-25-23-21-19-17-15-13-11-9-7-2/h8-11,14-17,20-23,26-29,32-35,38-41,44-45,49,51,55,57,61,63,88,92H,6-7,12-13,18-19,24-25,30-31,36-37,42-43,46-48,50,52-54,56,58-60,62,64-87H2,1-5H3/p+1/b10-8-,11-9-,16-14-,17-15-,22-20-,23-21-,28-26-,29-27-,34-32-,35-33-,40-38-,41-39-,45-44-,51-49-,57-55-,63-61-. The van der Waals surface area contributed by atoms with Gasteiger partial charge in [-0.2, -0.15) is 0 Å². The molecule has 0 aliphatic rings. The molecule has 0 radical (unpaired) electrons. The van der Waals surface area contributed by atoms with Crippen molar-refractivity contribution in [1.29, 1.82) is 0 Å². The van der Waals surface area contributed by atoms with E-state index >= 15 is 0 Å². The Morgan fingerprint density at radius 2 is 0.535 bits per heavy atom. The third-order valence-electron chi connectivity index (χ3n) is 16.8. The maximum Gasteiger partial charge on any atom is 0.361 e. The topological polar surface area (TPSA) is 108 Å². The van der Waals surface area contributed by atoms with Crippen molar-refractivity contribution in [3.05, 3.63) is 194 Å². The number of carbonyl (C=O) groups is 3. The average Bonchev–Trinajstić information content (AvgIpc) is 1.21. The third kappa shape index (κ3) is 81.3. The van der Waals surface area contributed by atoms with Crippen LogP contribution in [0.4, 0.5) is 0 Å². The number of unbranched alkanes of at least 4 members (excludes halogenated alkanes) is 26. The van der Waals surface area contributed by atoms with Crippen molar-refractivity contribution in [2.75, 3.05) is 47.5 Å². The van der Waals surface area contributed by atoms with Crippen molar-refractivity contribution in [1.82, 2.24) is 0 Å². The summed E-state index contributed by atoms with van der Waals surface area (Å²) in [4.78, 5) is 37.8. The molecule has 0 aromatic rings. The molecule has 0 aromatic carbocycles. The van der Waals surface area contributed by atoms with Crippen LogP contribution in [0.25, 0.3) is 0 Å². The van der Waals surface area contributed by atoms with Crippen LogP contribution >= 0.6 is 0 Å². The fraction of sp³-hybridized carbons (Fsp3) is 0.620. The largest absolute Gasteiger partial charge is 0.477 e. The van der Waals surface area contributed by atoms with E-state index < -0.39 is 24.3 Å². The van der Waals surface area contributed by atoms with Crippen LogP contribution in [0.2, 0.25) is 0 Å². The zero-order valence-corrected chi connectivity index (χ0v) is 65.2. The number of nitrogens with zero attached hydrogens (tertiary/aromatic N) is 1. The predicted molar refractivity (Wildman–Crippen MR) is 437 cm³/mol. The van der Waals surface area contributed by atoms with Crippen LogP contribution in [0.1, 0.15) is 309 Å². The van der Waals surface area contributed by atoms with Gasteiger partial charge in [-0.05, 0) is 141 Å². The Hall–Kier alpha value is -5.87. The van der Waals surface area contributed by atoms with E-state index in [1.165, 1.54) is 128 Å². The molecule has 1 N–H and O–H groups in total. The summed E-state index contributed by atoms with van der Waals surface area (Å²) in [6.45, 7) is 4.64. The van der Waals surface area contributed by atoms with Gasteiger partial charge >= 0.3 is 17.9 Å². The van der Waals surface area contributed by atoms with Gasteiger partial charge in [0.25, 0.3) is 6.29 Å². The predicted octanol–water partition coefficient (Wildman–Crippen LogP) is 26.5. The number of hydrogen-bond donors (Lipinski definition) is 1. The first kappa shape index (κ1) is 95.1. The molecule has 0 aliphatic heterocycles. The van der Waals surface area contributed by atoms with E-state index in [2.05, 4.69) is 208 Å². The van der Waals surface area contributed by atoms with Gasteiger partial charge in [-0.15, -0.1) is 0 Å². The van der Waals surface area contributed by atoms with Crippen molar-refractivity contribution in [2.24, 2.45) is 0 Å². The highest BCUT2D eigenvalue weighted by Gasteiger charge is 2.25. The molecule has 0 fully saturated rings. The summed E-state index contributed by atoms with van der Waals surface area (Å²) in [6.07, 6.45) is 120. The monoisotopic (exact) mass is 1400 g/mol. The van der Waals surface area contributed by atoms with Gasteiger partial charge in [0.05, 0.1) is 34.4 Å². The summed E-state index contributed by atoms with van der Waals surface area (Å²) in [5.41, 5.74) is 0. The Balaban J connectivity index is 4.11. The van der Waals surface area contributed by atoms with Crippen LogP contribution in [0.3, 0.4) is 0 Å². The molecule has 0 aliphatic carbocycles. The molecule has 0 saturated heterocycles. The van der Waals surface area contributed by atoms with Crippen LogP contribution in [0.15, 0.2) is 194 Å². The van der Waals surface area contributed by atoms with Crippen LogP contribution in [0, 0.1) is 0 Å². The summed E-state index contributed by atoms with van der Waals surface area (Å²) in [7, 11) is 5.97. The maximum atomic E-state index is 13.0. The van der Waals surface area contributed by atoms with Gasteiger partial charge < -0.3 is 28.5 Å². The van der Waals surface area contributed by atoms with Crippen molar-refractivity contribution in [2.45, 2.75) is 322 Å². The second kappa shape index (κ2) is 79.8. The zero-order chi connectivity index (χ0) is 73.2. The molecule has 570 valence electrons. The highest BCUT2D eigenvalue weighted by molar-refractivity contribution is 5.71. The molecule has 9 nitrogen and oxygen atoms in total. The lowest BCUT2D eigenvalue weighted by atomic mass is 10.0. The molecule has 0 rings (SSSR count). The normalized spacial score (nSPS) is 13.7. The van der Waals surface area contributed by atoms with Crippen molar-refractivity contribution in [3.63, 3.8) is 0 Å². The van der Waals surface area contributed by atoms with Gasteiger partial charge in [0.1, 0.15) is 13.2 Å². The summed E-state index contributed by atoms with van der Waals surface area (Å²) in [6, 6.07) is 0. The number of ether oxygens (including phenoxy) is 4. The van der Waals surface area contributed by atoms with Gasteiger partial charge in [0, 0.05) is 12.8 Å². The Labute approximate surface area is 621 Å². The molecular formula is C92H150NO8+. The van der Waals surface area contributed by atoms with Crippen molar-refractivity contribution < 1.29 is 42.9 Å². The molecule has 0 amide bonds. The first-order chi connectivity index (χ1) is 49.6. The number of allylic oxidation sites excluding steroid dienone is 32. The third-order valence-corrected chi connectivity index (χ3v) is 16.8. The van der Waals surface area contributed by atoms with E-state index in [0.717, 1.165) is 148 Å². The molecule has 0 saturated carbocycles. The van der Waals surface area contributed by atoms with E-state index in [4.69, 9.17) is 18.9 Å². The Kier molecular flexibility index (Phi) is 75.2. The summed E-state index contributed by atoms with van der Waals surface area (Å²) < 4.78 is 23.0. The fourth-order valence-electron chi connectivity index (χ4n) is 10.8. The average molecular weight is 1400 g/mol. The Morgan fingerprint density at radius 3 is 0.792 bits per heavy atom. The SMILES string of the molecule is CC/C=C\C/C=C\C/C=C\C/C=C\C/C=C\C/C=C\C/C=C\C/C=C\C/C=C\C/C=C\CCCCCCCCCCC(=O)OC(COC(=O)CCCCCCCCCCCCCCCCCCCC/C=C\C/C=C\C/C=C\C/C=C\C/C=C\C/C=C\CC)COC(OCC[N+](C)(C)C)C(=O)O. The number of quaternary nitrogens is 1. The number of rotatable bonds is 73. The van der Waals surface area contributed by atoms with E-state index in [0.29, 0.717) is 23.9 Å². The Morgan fingerprint density at radius 1 is 0.297 bits per heavy atom. The first-order valence-electron chi connectivity index (χ1n) is 40.6. The lowest BCUT2D eigenvalue weighted by Gasteiger charge is -2.25. The van der Waals surface area contributed by atoms with Gasteiger partial charge in [-0.1, -0.05) is 350 Å². The number of aliphatic carboxylic acids is 1. The summed E-state index contributed by atoms with van der Waals surface area (Å²) >= 11 is 0. The minimum absolute atomic E-state index is 0.178. The highest BCUT2D eigenvalue weighted by atomic mass is 16.7. The molecule has 0 heterocycles. The van der Waals surface area contributed by atoms with Crippen molar-refractivity contribution in [3.8, 4) is 0 Å². The van der Waals surface area contributed by atoms with Crippen LogP contribution < -0.4 is 0 Å². The van der Waals surface area contributed by atoms with Crippen LogP contribution in [-0.2, 0) is 33.3 Å². The minimum Gasteiger partial charge on any atom is -0.477 e. The van der Waals surface area contributed by atoms with Crippen LogP contribution in [0.5, 0.6) is 0 Å². The van der Waals surface area contributed by atoms with E-state index in [1.807, 2.05) is 21.1 Å². The highest BCUT2D eigenvalue weighted by Crippen LogP contribution is 2.17. The molecule has 2 atom stereocenters. The van der Waals surface area contributed by atoms with Crippen molar-refractivity contribution >= 4 is 17.9 Å². The van der Waals surface area contributed by atoms with Crippen LogP contribution in [-0.4, -0.2) is 87.4 Å². The Bertz CT molecular complexity index is 2380. The number of carboxylic acids is 1. The van der Waals surface area contributed by atoms with Gasteiger partial charge in [-0.25, -0.2) is 4.79 Å². The summed E-state index contributed by atoms with van der Waals surface area (Å²) in [5, 5.41) is 9.78. The molecule has 0 aromatic heterocycles. The number of hydrogen-bond acceptors (Lipinski definition) is 7. The molecule has 9 heteroatoms. The quantitative estimate of drug-likeness (QED) is 0.0211. The van der Waals surface area contributed by atoms with E-state index in [-0.39, 0.29) is 32.2 Å². The first-order valence-corrected chi connectivity index (χ1v) is 40.6. The second-order valence-corrected chi connectivity index (χ2v) is 27.6. The fourth-order valence-corrected chi connectivity index (χ4v) is 10.8. The van der Waals surface area contributed by atoms with Gasteiger partial charge in [-0.3, -0.25) is 9.59 Å². The number of likely N-dealkylation sites (N-methyl/N-ethyl adjacent to an activating group) is 1. The van der Waals surface area contributed by atoms with E-state index in [1.54, 1.807) is 0 Å².